The number of rotatable bonds is 5. The third-order valence-electron chi connectivity index (χ3n) is 3.60. The van der Waals surface area contributed by atoms with Crippen molar-refractivity contribution in [1.29, 1.82) is 0 Å². The molecule has 1 saturated carbocycles. The first-order chi connectivity index (χ1) is 8.35. The van der Waals surface area contributed by atoms with Gasteiger partial charge in [-0.1, -0.05) is 19.3 Å². The molecule has 1 aromatic heterocycles. The predicted molar refractivity (Wildman–Crippen MR) is 70.0 cm³/mol. The van der Waals surface area contributed by atoms with Gasteiger partial charge in [0.25, 0.3) is 0 Å². The normalized spacial score (nSPS) is 19.1. The summed E-state index contributed by atoms with van der Waals surface area (Å²) >= 11 is 6.15. The Kier molecular flexibility index (Phi) is 4.75. The molecule has 1 aliphatic rings. The van der Waals surface area contributed by atoms with Gasteiger partial charge < -0.3 is 5.32 Å². The lowest BCUT2D eigenvalue weighted by Crippen LogP contribution is -2.37. The van der Waals surface area contributed by atoms with Gasteiger partial charge in [-0.2, -0.15) is 0 Å². The molecule has 1 heterocycles. The largest absolute Gasteiger partial charge is 0.309 e. The Bertz CT molecular complexity index is 323. The van der Waals surface area contributed by atoms with Crippen LogP contribution in [0, 0.1) is 5.41 Å². The van der Waals surface area contributed by atoms with Crippen molar-refractivity contribution in [1.82, 2.24) is 15.3 Å². The SMILES string of the molecule is ClCC1(CNCc2ncccn2)CCCCC1. The fraction of sp³-hybridized carbons (Fsp3) is 0.692. The van der Waals surface area contributed by atoms with Gasteiger partial charge in [0.2, 0.25) is 0 Å². The van der Waals surface area contributed by atoms with Crippen molar-refractivity contribution in [2.45, 2.75) is 38.6 Å². The Morgan fingerprint density at radius 2 is 1.88 bits per heavy atom. The summed E-state index contributed by atoms with van der Waals surface area (Å²) in [5.41, 5.74) is 0.300. The Labute approximate surface area is 108 Å². The molecule has 0 atom stereocenters. The van der Waals surface area contributed by atoms with E-state index < -0.39 is 0 Å². The molecule has 3 nitrogen and oxygen atoms in total. The second-order valence-electron chi connectivity index (χ2n) is 4.96. The van der Waals surface area contributed by atoms with Crippen LogP contribution in [-0.2, 0) is 6.54 Å². The minimum absolute atomic E-state index is 0.300. The highest BCUT2D eigenvalue weighted by Crippen LogP contribution is 2.36. The highest BCUT2D eigenvalue weighted by molar-refractivity contribution is 6.18. The van der Waals surface area contributed by atoms with E-state index in [4.69, 9.17) is 11.6 Å². The third-order valence-corrected chi connectivity index (χ3v) is 4.17. The number of nitrogens with zero attached hydrogens (tertiary/aromatic N) is 2. The van der Waals surface area contributed by atoms with E-state index in [0.29, 0.717) is 5.41 Å². The second-order valence-corrected chi connectivity index (χ2v) is 5.23. The molecule has 4 heteroatoms. The van der Waals surface area contributed by atoms with E-state index in [1.165, 1.54) is 32.1 Å². The Hall–Kier alpha value is -0.670. The summed E-state index contributed by atoms with van der Waals surface area (Å²) in [6, 6.07) is 1.84. The molecule has 1 fully saturated rings. The van der Waals surface area contributed by atoms with Gasteiger partial charge in [-0.25, -0.2) is 9.97 Å². The first-order valence-corrected chi connectivity index (χ1v) is 6.91. The fourth-order valence-corrected chi connectivity index (χ4v) is 2.88. The zero-order chi connectivity index (χ0) is 12.0. The van der Waals surface area contributed by atoms with E-state index in [-0.39, 0.29) is 0 Å². The third kappa shape index (κ3) is 3.65. The standard InChI is InChI=1S/C13H20ClN3/c14-10-13(5-2-1-3-6-13)11-15-9-12-16-7-4-8-17-12/h4,7-8,15H,1-3,5-6,9-11H2. The van der Waals surface area contributed by atoms with Crippen LogP contribution in [0.1, 0.15) is 37.9 Å². The first kappa shape index (κ1) is 12.8. The summed E-state index contributed by atoms with van der Waals surface area (Å²) in [5.74, 6) is 1.61. The predicted octanol–water partition coefficient (Wildman–Crippen LogP) is 2.76. The van der Waals surface area contributed by atoms with Crippen LogP contribution in [0.25, 0.3) is 0 Å². The van der Waals surface area contributed by atoms with Gasteiger partial charge in [0.05, 0.1) is 6.54 Å². The van der Waals surface area contributed by atoms with Gasteiger partial charge in [0.15, 0.2) is 0 Å². The lowest BCUT2D eigenvalue weighted by atomic mass is 9.75. The van der Waals surface area contributed by atoms with Crippen LogP contribution in [0.15, 0.2) is 18.5 Å². The number of hydrogen-bond acceptors (Lipinski definition) is 3. The minimum atomic E-state index is 0.300. The number of halogens is 1. The van der Waals surface area contributed by atoms with Gasteiger partial charge in [0, 0.05) is 24.8 Å². The van der Waals surface area contributed by atoms with Gasteiger partial charge >= 0.3 is 0 Å². The van der Waals surface area contributed by atoms with Crippen LogP contribution < -0.4 is 5.32 Å². The average Bonchev–Trinajstić information content (AvgIpc) is 2.41. The van der Waals surface area contributed by atoms with E-state index in [0.717, 1.165) is 24.8 Å². The van der Waals surface area contributed by atoms with Crippen molar-refractivity contribution in [3.63, 3.8) is 0 Å². The number of aromatic nitrogens is 2. The number of hydrogen-bond donors (Lipinski definition) is 1. The molecule has 0 bridgehead atoms. The molecule has 0 amide bonds. The van der Waals surface area contributed by atoms with Crippen molar-refractivity contribution in [2.75, 3.05) is 12.4 Å². The first-order valence-electron chi connectivity index (χ1n) is 6.37. The van der Waals surface area contributed by atoms with Crippen molar-refractivity contribution in [3.8, 4) is 0 Å². The van der Waals surface area contributed by atoms with E-state index in [2.05, 4.69) is 15.3 Å². The summed E-state index contributed by atoms with van der Waals surface area (Å²) < 4.78 is 0. The molecule has 17 heavy (non-hydrogen) atoms. The summed E-state index contributed by atoms with van der Waals surface area (Å²) in [6.07, 6.45) is 10.1. The monoisotopic (exact) mass is 253 g/mol. The molecule has 1 aliphatic carbocycles. The highest BCUT2D eigenvalue weighted by Gasteiger charge is 2.30. The van der Waals surface area contributed by atoms with Crippen molar-refractivity contribution >= 4 is 11.6 Å². The van der Waals surface area contributed by atoms with Crippen molar-refractivity contribution < 1.29 is 0 Å². The maximum absolute atomic E-state index is 6.15. The molecular formula is C13H20ClN3. The van der Waals surface area contributed by atoms with Crippen LogP contribution in [0.4, 0.5) is 0 Å². The van der Waals surface area contributed by atoms with Crippen LogP contribution in [0.5, 0.6) is 0 Å². The zero-order valence-electron chi connectivity index (χ0n) is 10.2. The molecule has 0 spiro atoms. The number of alkyl halides is 1. The summed E-state index contributed by atoms with van der Waals surface area (Å²) in [5, 5.41) is 3.45. The lowest BCUT2D eigenvalue weighted by Gasteiger charge is -2.35. The minimum Gasteiger partial charge on any atom is -0.309 e. The Morgan fingerprint density at radius 3 is 2.53 bits per heavy atom. The van der Waals surface area contributed by atoms with E-state index in [9.17, 15) is 0 Å². The van der Waals surface area contributed by atoms with Crippen LogP contribution >= 0.6 is 11.6 Å². The summed E-state index contributed by atoms with van der Waals surface area (Å²) in [4.78, 5) is 8.41. The van der Waals surface area contributed by atoms with E-state index in [1.807, 2.05) is 6.07 Å². The summed E-state index contributed by atoms with van der Waals surface area (Å²) in [6.45, 7) is 1.72. The summed E-state index contributed by atoms with van der Waals surface area (Å²) in [7, 11) is 0. The van der Waals surface area contributed by atoms with E-state index >= 15 is 0 Å². The van der Waals surface area contributed by atoms with Crippen LogP contribution in [0.3, 0.4) is 0 Å². The molecular weight excluding hydrogens is 234 g/mol. The molecule has 0 saturated heterocycles. The highest BCUT2D eigenvalue weighted by atomic mass is 35.5. The molecule has 94 valence electrons. The smallest absolute Gasteiger partial charge is 0.141 e. The topological polar surface area (TPSA) is 37.8 Å². The molecule has 1 N–H and O–H groups in total. The molecule has 0 aromatic carbocycles. The second kappa shape index (κ2) is 6.31. The quantitative estimate of drug-likeness (QED) is 0.820. The van der Waals surface area contributed by atoms with Gasteiger partial charge in [-0.05, 0) is 24.3 Å². The number of nitrogens with one attached hydrogen (secondary N) is 1. The fourth-order valence-electron chi connectivity index (χ4n) is 2.52. The van der Waals surface area contributed by atoms with Crippen molar-refractivity contribution in [2.24, 2.45) is 5.41 Å². The molecule has 2 rings (SSSR count). The van der Waals surface area contributed by atoms with Crippen molar-refractivity contribution in [3.05, 3.63) is 24.3 Å². The Morgan fingerprint density at radius 1 is 1.18 bits per heavy atom. The Balaban J connectivity index is 1.80. The van der Waals surface area contributed by atoms with Crippen LogP contribution in [0.2, 0.25) is 0 Å². The zero-order valence-corrected chi connectivity index (χ0v) is 10.9. The molecule has 0 radical (unpaired) electrons. The average molecular weight is 254 g/mol. The van der Waals surface area contributed by atoms with Gasteiger partial charge in [-0.15, -0.1) is 11.6 Å². The molecule has 0 aliphatic heterocycles. The van der Waals surface area contributed by atoms with Gasteiger partial charge in [-0.3, -0.25) is 0 Å². The lowest BCUT2D eigenvalue weighted by molar-refractivity contribution is 0.211. The maximum Gasteiger partial charge on any atom is 0.141 e. The van der Waals surface area contributed by atoms with E-state index in [1.54, 1.807) is 12.4 Å². The van der Waals surface area contributed by atoms with Gasteiger partial charge in [0.1, 0.15) is 5.82 Å². The van der Waals surface area contributed by atoms with Crippen LogP contribution in [-0.4, -0.2) is 22.4 Å². The maximum atomic E-state index is 6.15. The molecule has 0 unspecified atom stereocenters. The molecule has 1 aromatic rings.